The van der Waals surface area contributed by atoms with E-state index in [0.29, 0.717) is 0 Å². The fourth-order valence-corrected chi connectivity index (χ4v) is 12.5. The predicted octanol–water partition coefficient (Wildman–Crippen LogP) is 3.27. The van der Waals surface area contributed by atoms with E-state index in [1.807, 2.05) is 0 Å². The van der Waals surface area contributed by atoms with E-state index in [4.69, 9.17) is 0 Å². The van der Waals surface area contributed by atoms with Crippen LogP contribution in [-0.4, -0.2) is 40.2 Å². The molecule has 2 heteroatoms. The van der Waals surface area contributed by atoms with Crippen molar-refractivity contribution in [3.8, 4) is 0 Å². The molecule has 0 radical (unpaired) electrons. The molecule has 0 aliphatic heterocycles. The van der Waals surface area contributed by atoms with Gasteiger partial charge in [-0.2, -0.15) is 0 Å². The van der Waals surface area contributed by atoms with E-state index in [-0.39, 0.29) is 0 Å². The van der Waals surface area contributed by atoms with E-state index < -0.39 is 21.8 Å². The molecule has 0 unspecified atom stereocenters. The number of aryl methyl sites for hydroxylation is 2. The van der Waals surface area contributed by atoms with Crippen molar-refractivity contribution in [1.29, 1.82) is 0 Å². The number of benzene rings is 3. The van der Waals surface area contributed by atoms with E-state index in [0.717, 1.165) is 13.1 Å². The first-order valence-electron chi connectivity index (χ1n) is 9.28. The topological polar surface area (TPSA) is 3.24 Å². The van der Waals surface area contributed by atoms with E-state index in [2.05, 4.69) is 106 Å². The van der Waals surface area contributed by atoms with Crippen molar-refractivity contribution in [3.05, 3.63) is 89.5 Å². The Kier molecular flexibility index (Phi) is 6.62. The van der Waals surface area contributed by atoms with Crippen LogP contribution in [0.5, 0.6) is 0 Å². The SMILES string of the molecule is CCN(C)Cc1cccc[c]1[Bi]([c]1ccc(C)cc1)[c]1ccc(C)cc1. The Hall–Kier alpha value is -1.50. The minimum atomic E-state index is -2.30. The number of nitrogens with zero attached hydrogens (tertiary/aromatic N) is 1. The summed E-state index contributed by atoms with van der Waals surface area (Å²) in [7, 11) is 2.21. The van der Waals surface area contributed by atoms with Gasteiger partial charge in [0.1, 0.15) is 0 Å². The van der Waals surface area contributed by atoms with Crippen LogP contribution in [0.25, 0.3) is 0 Å². The molecule has 3 aromatic carbocycles. The Bertz CT molecular complexity index is 791. The minimum absolute atomic E-state index is 1.02. The Balaban J connectivity index is 2.12. The third-order valence-electron chi connectivity index (χ3n) is 4.80. The second kappa shape index (κ2) is 8.93. The second-order valence-electron chi connectivity index (χ2n) is 6.97. The molecule has 26 heavy (non-hydrogen) atoms. The predicted molar refractivity (Wildman–Crippen MR) is 115 cm³/mol. The van der Waals surface area contributed by atoms with Crippen molar-refractivity contribution in [2.75, 3.05) is 13.6 Å². The normalized spacial score (nSPS) is 11.3. The van der Waals surface area contributed by atoms with Gasteiger partial charge < -0.3 is 0 Å². The van der Waals surface area contributed by atoms with Crippen LogP contribution in [0.3, 0.4) is 0 Å². The van der Waals surface area contributed by atoms with Crippen LogP contribution in [0.2, 0.25) is 0 Å². The number of hydrogen-bond acceptors (Lipinski definition) is 1. The molecule has 0 aliphatic rings. The molecule has 1 nitrogen and oxygen atoms in total. The van der Waals surface area contributed by atoms with Crippen LogP contribution in [-0.2, 0) is 6.54 Å². The zero-order chi connectivity index (χ0) is 18.5. The average Bonchev–Trinajstić information content (AvgIpc) is 2.66. The monoisotopic (exact) mass is 539 g/mol. The first-order chi connectivity index (χ1) is 12.6. The molecule has 0 saturated heterocycles. The fourth-order valence-electron chi connectivity index (χ4n) is 3.08. The Morgan fingerprint density at radius 2 is 1.23 bits per heavy atom. The van der Waals surface area contributed by atoms with Gasteiger partial charge >= 0.3 is 167 Å². The summed E-state index contributed by atoms with van der Waals surface area (Å²) in [5, 5.41) is 0. The van der Waals surface area contributed by atoms with Crippen molar-refractivity contribution in [2.24, 2.45) is 0 Å². The molecule has 0 bridgehead atoms. The zero-order valence-electron chi connectivity index (χ0n) is 16.2. The van der Waals surface area contributed by atoms with Gasteiger partial charge in [-0.05, 0) is 0 Å². The summed E-state index contributed by atoms with van der Waals surface area (Å²) >= 11 is -2.30. The molecule has 0 atom stereocenters. The second-order valence-corrected chi connectivity index (χ2v) is 15.5. The van der Waals surface area contributed by atoms with Gasteiger partial charge in [0.25, 0.3) is 0 Å². The van der Waals surface area contributed by atoms with Crippen LogP contribution < -0.4 is 9.81 Å². The zero-order valence-corrected chi connectivity index (χ0v) is 19.7. The van der Waals surface area contributed by atoms with Gasteiger partial charge in [0.05, 0.1) is 0 Å². The maximum atomic E-state index is 2.39. The third kappa shape index (κ3) is 4.61. The van der Waals surface area contributed by atoms with Crippen molar-refractivity contribution in [1.82, 2.24) is 4.90 Å². The molecule has 134 valence electrons. The van der Waals surface area contributed by atoms with E-state index in [1.54, 1.807) is 9.81 Å². The summed E-state index contributed by atoms with van der Waals surface area (Å²) < 4.78 is 4.72. The van der Waals surface area contributed by atoms with E-state index in [1.165, 1.54) is 16.7 Å². The van der Waals surface area contributed by atoms with Crippen molar-refractivity contribution in [2.45, 2.75) is 27.3 Å². The molecule has 3 aromatic rings. The van der Waals surface area contributed by atoms with Crippen LogP contribution in [0.1, 0.15) is 23.6 Å². The Labute approximate surface area is 166 Å². The van der Waals surface area contributed by atoms with Crippen molar-refractivity contribution in [3.63, 3.8) is 0 Å². The number of rotatable bonds is 6. The summed E-state index contributed by atoms with van der Waals surface area (Å²) in [6.45, 7) is 8.66. The third-order valence-corrected chi connectivity index (χ3v) is 14.7. The van der Waals surface area contributed by atoms with Crippen LogP contribution in [0.4, 0.5) is 0 Å². The molecule has 0 aromatic heterocycles. The molecule has 0 saturated carbocycles. The van der Waals surface area contributed by atoms with Gasteiger partial charge in [-0.1, -0.05) is 0 Å². The summed E-state index contributed by atoms with van der Waals surface area (Å²) in [6, 6.07) is 27.7. The summed E-state index contributed by atoms with van der Waals surface area (Å²) in [4.78, 5) is 2.39. The molecule has 0 aliphatic carbocycles. The molecule has 0 spiro atoms. The van der Waals surface area contributed by atoms with Crippen LogP contribution >= 0.6 is 0 Å². The van der Waals surface area contributed by atoms with Crippen molar-refractivity contribution < 1.29 is 0 Å². The van der Waals surface area contributed by atoms with Gasteiger partial charge in [-0.15, -0.1) is 0 Å². The van der Waals surface area contributed by atoms with Crippen LogP contribution in [0, 0.1) is 13.8 Å². The molecule has 0 amide bonds. The molecule has 3 rings (SSSR count). The van der Waals surface area contributed by atoms with Gasteiger partial charge in [0, 0.05) is 0 Å². The molecule has 0 fully saturated rings. The quantitative estimate of drug-likeness (QED) is 0.435. The van der Waals surface area contributed by atoms with Gasteiger partial charge in [-0.3, -0.25) is 0 Å². The molecule has 0 N–H and O–H groups in total. The standard InChI is InChI=1S/C10H14N.2C7H7.Bi/c1-3-11(2)9-10-7-5-4-6-8-10;2*1-7-5-3-2-4-6-7;/h4-7H,3,9H2,1-2H3;2*3-6H,1H3;. The van der Waals surface area contributed by atoms with Gasteiger partial charge in [0.15, 0.2) is 0 Å². The average molecular weight is 539 g/mol. The molecular formula is C24H28BiN. The molecular weight excluding hydrogens is 511 g/mol. The van der Waals surface area contributed by atoms with E-state index >= 15 is 0 Å². The molecule has 0 heterocycles. The van der Waals surface area contributed by atoms with Gasteiger partial charge in [0.2, 0.25) is 0 Å². The Morgan fingerprint density at radius 1 is 0.731 bits per heavy atom. The summed E-state index contributed by atoms with van der Waals surface area (Å²) in [6.07, 6.45) is 0. The fraction of sp³-hybridized carbons (Fsp3) is 0.250. The van der Waals surface area contributed by atoms with Crippen LogP contribution in [0.15, 0.2) is 72.8 Å². The van der Waals surface area contributed by atoms with Gasteiger partial charge in [-0.25, -0.2) is 0 Å². The maximum absolute atomic E-state index is 2.39. The van der Waals surface area contributed by atoms with E-state index in [9.17, 15) is 0 Å². The summed E-state index contributed by atoms with van der Waals surface area (Å²) in [5.74, 6) is 0. The van der Waals surface area contributed by atoms with Crippen molar-refractivity contribution >= 4 is 31.6 Å². The first-order valence-corrected chi connectivity index (χ1v) is 14.5. The Morgan fingerprint density at radius 3 is 1.73 bits per heavy atom. The number of hydrogen-bond donors (Lipinski definition) is 0. The summed E-state index contributed by atoms with van der Waals surface area (Å²) in [5.41, 5.74) is 4.16. The first kappa shape index (κ1) is 19.3.